The number of hydrogen-bond donors (Lipinski definition) is 1. The fourth-order valence-corrected chi connectivity index (χ4v) is 2.15. The molecule has 0 aliphatic heterocycles. The van der Waals surface area contributed by atoms with Crippen LogP contribution in [0.15, 0.2) is 30.3 Å². The maximum absolute atomic E-state index is 10.8. The topological polar surface area (TPSA) is 51.2 Å². The Morgan fingerprint density at radius 3 is 2.65 bits per heavy atom. The zero-order valence-electron chi connectivity index (χ0n) is 11.6. The summed E-state index contributed by atoms with van der Waals surface area (Å²) < 4.78 is 8.93. The van der Waals surface area contributed by atoms with E-state index >= 15 is 0 Å². The predicted octanol–water partition coefficient (Wildman–Crippen LogP) is 3.99. The molecule has 0 aliphatic carbocycles. The number of hydrogen-bond acceptors (Lipinski definition) is 5. The van der Waals surface area contributed by atoms with Crippen LogP contribution in [0.3, 0.4) is 0 Å². The molecular weight excluding hydrogens is 272 g/mol. The standard InChI is InChI=1S/C15H16N2O2S/c1-10-8-13(17-20-3)5-6-14(10)19-15-7-4-12(9-18)11(2)16-15/h4-9,17H,1-3H3. The molecule has 2 rings (SSSR count). The first-order valence-corrected chi connectivity index (χ1v) is 7.37. The highest BCUT2D eigenvalue weighted by Gasteiger charge is 2.06. The second-order valence-corrected chi connectivity index (χ2v) is 4.94. The number of aromatic nitrogens is 1. The van der Waals surface area contributed by atoms with Gasteiger partial charge in [-0.15, -0.1) is 0 Å². The number of aryl methyl sites for hydroxylation is 2. The van der Waals surface area contributed by atoms with E-state index in [-0.39, 0.29) is 0 Å². The van der Waals surface area contributed by atoms with Gasteiger partial charge in [-0.2, -0.15) is 0 Å². The summed E-state index contributed by atoms with van der Waals surface area (Å²) in [5, 5.41) is 0. The van der Waals surface area contributed by atoms with Crippen LogP contribution in [-0.4, -0.2) is 17.5 Å². The van der Waals surface area contributed by atoms with Gasteiger partial charge in [0.05, 0.1) is 5.69 Å². The highest BCUT2D eigenvalue weighted by molar-refractivity contribution is 7.99. The third kappa shape index (κ3) is 3.30. The van der Waals surface area contributed by atoms with E-state index in [1.807, 2.05) is 31.4 Å². The van der Waals surface area contributed by atoms with Crippen molar-refractivity contribution in [1.29, 1.82) is 0 Å². The summed E-state index contributed by atoms with van der Waals surface area (Å²) in [5.74, 6) is 1.24. The number of nitrogens with zero attached hydrogens (tertiary/aromatic N) is 1. The Hall–Kier alpha value is -2.01. The Bertz CT molecular complexity index is 629. The number of carbonyl (C=O) groups excluding carboxylic acids is 1. The van der Waals surface area contributed by atoms with Crippen molar-refractivity contribution in [2.75, 3.05) is 11.0 Å². The average Bonchev–Trinajstić information content (AvgIpc) is 2.42. The van der Waals surface area contributed by atoms with Crippen molar-refractivity contribution in [2.45, 2.75) is 13.8 Å². The van der Waals surface area contributed by atoms with E-state index in [9.17, 15) is 4.79 Å². The van der Waals surface area contributed by atoms with Crippen molar-refractivity contribution in [3.05, 3.63) is 47.2 Å². The molecule has 0 saturated carbocycles. The van der Waals surface area contributed by atoms with Crippen molar-refractivity contribution >= 4 is 23.9 Å². The van der Waals surface area contributed by atoms with E-state index in [0.29, 0.717) is 17.1 Å². The molecule has 4 nitrogen and oxygen atoms in total. The first-order chi connectivity index (χ1) is 9.63. The van der Waals surface area contributed by atoms with Gasteiger partial charge < -0.3 is 9.46 Å². The zero-order chi connectivity index (χ0) is 14.5. The molecule has 0 spiro atoms. The molecule has 104 valence electrons. The van der Waals surface area contributed by atoms with Gasteiger partial charge in [0, 0.05) is 23.6 Å². The molecule has 1 aromatic carbocycles. The Morgan fingerprint density at radius 1 is 1.25 bits per heavy atom. The number of anilines is 1. The van der Waals surface area contributed by atoms with Crippen molar-refractivity contribution in [2.24, 2.45) is 0 Å². The molecule has 1 aromatic heterocycles. The van der Waals surface area contributed by atoms with E-state index in [4.69, 9.17) is 4.74 Å². The molecule has 5 heteroatoms. The largest absolute Gasteiger partial charge is 0.439 e. The quantitative estimate of drug-likeness (QED) is 0.666. The van der Waals surface area contributed by atoms with Gasteiger partial charge in [0.2, 0.25) is 5.88 Å². The molecule has 1 N–H and O–H groups in total. The molecule has 1 heterocycles. The first kappa shape index (κ1) is 14.4. The van der Waals surface area contributed by atoms with Gasteiger partial charge in [-0.05, 0) is 43.7 Å². The maximum Gasteiger partial charge on any atom is 0.219 e. The number of ether oxygens (including phenoxy) is 1. The van der Waals surface area contributed by atoms with Crippen LogP contribution in [-0.2, 0) is 0 Å². The smallest absolute Gasteiger partial charge is 0.219 e. The van der Waals surface area contributed by atoms with Crippen LogP contribution in [0.5, 0.6) is 11.6 Å². The number of nitrogens with one attached hydrogen (secondary N) is 1. The van der Waals surface area contributed by atoms with Crippen LogP contribution in [0.2, 0.25) is 0 Å². The minimum Gasteiger partial charge on any atom is -0.439 e. The van der Waals surface area contributed by atoms with Gasteiger partial charge in [-0.3, -0.25) is 4.79 Å². The second kappa shape index (κ2) is 6.43. The van der Waals surface area contributed by atoms with Crippen molar-refractivity contribution in [1.82, 2.24) is 4.98 Å². The van der Waals surface area contributed by atoms with Gasteiger partial charge in [-0.1, -0.05) is 11.9 Å². The summed E-state index contributed by atoms with van der Waals surface area (Å²) in [6.45, 7) is 3.77. The molecule has 0 radical (unpaired) electrons. The predicted molar refractivity (Wildman–Crippen MR) is 82.8 cm³/mol. The van der Waals surface area contributed by atoms with Crippen LogP contribution >= 0.6 is 11.9 Å². The summed E-state index contributed by atoms with van der Waals surface area (Å²) in [7, 11) is 0. The highest BCUT2D eigenvalue weighted by Crippen LogP contribution is 2.27. The molecule has 20 heavy (non-hydrogen) atoms. The molecular formula is C15H16N2O2S. The van der Waals surface area contributed by atoms with Crippen LogP contribution in [0, 0.1) is 13.8 Å². The lowest BCUT2D eigenvalue weighted by Gasteiger charge is -2.10. The number of aldehydes is 1. The zero-order valence-corrected chi connectivity index (χ0v) is 12.5. The molecule has 0 aliphatic rings. The summed E-state index contributed by atoms with van der Waals surface area (Å²) >= 11 is 1.54. The molecule has 0 saturated heterocycles. The van der Waals surface area contributed by atoms with Crippen LogP contribution in [0.25, 0.3) is 0 Å². The number of pyridine rings is 1. The Balaban J connectivity index is 2.21. The second-order valence-electron chi connectivity index (χ2n) is 4.33. The maximum atomic E-state index is 10.8. The van der Waals surface area contributed by atoms with Gasteiger partial charge in [0.1, 0.15) is 5.75 Å². The van der Waals surface area contributed by atoms with Crippen molar-refractivity contribution in [3.8, 4) is 11.6 Å². The molecule has 0 amide bonds. The lowest BCUT2D eigenvalue weighted by molar-refractivity contribution is 0.112. The monoisotopic (exact) mass is 288 g/mol. The molecule has 0 atom stereocenters. The fraction of sp³-hybridized carbons (Fsp3) is 0.200. The molecule has 0 unspecified atom stereocenters. The number of carbonyl (C=O) groups is 1. The van der Waals surface area contributed by atoms with Crippen LogP contribution in [0.1, 0.15) is 21.6 Å². The minimum absolute atomic E-state index is 0.488. The first-order valence-electron chi connectivity index (χ1n) is 6.14. The van der Waals surface area contributed by atoms with Gasteiger partial charge in [0.15, 0.2) is 6.29 Å². The summed E-state index contributed by atoms with van der Waals surface area (Å²) in [4.78, 5) is 15.0. The van der Waals surface area contributed by atoms with Crippen LogP contribution in [0.4, 0.5) is 5.69 Å². The summed E-state index contributed by atoms with van der Waals surface area (Å²) in [6, 6.07) is 9.27. The Morgan fingerprint density at radius 2 is 2.05 bits per heavy atom. The minimum atomic E-state index is 0.488. The average molecular weight is 288 g/mol. The van der Waals surface area contributed by atoms with Crippen molar-refractivity contribution in [3.63, 3.8) is 0 Å². The lowest BCUT2D eigenvalue weighted by atomic mass is 10.2. The van der Waals surface area contributed by atoms with Crippen LogP contribution < -0.4 is 9.46 Å². The summed E-state index contributed by atoms with van der Waals surface area (Å²) in [5.41, 5.74) is 3.29. The van der Waals surface area contributed by atoms with E-state index in [1.165, 1.54) is 0 Å². The van der Waals surface area contributed by atoms with Gasteiger partial charge in [-0.25, -0.2) is 4.98 Å². The Kier molecular flexibility index (Phi) is 4.63. The molecule has 0 bridgehead atoms. The summed E-state index contributed by atoms with van der Waals surface area (Å²) in [6.07, 6.45) is 2.77. The van der Waals surface area contributed by atoms with E-state index < -0.39 is 0 Å². The van der Waals surface area contributed by atoms with Gasteiger partial charge in [0.25, 0.3) is 0 Å². The normalized spacial score (nSPS) is 10.2. The molecule has 2 aromatic rings. The Labute approximate surface area is 122 Å². The van der Waals surface area contributed by atoms with Gasteiger partial charge >= 0.3 is 0 Å². The highest BCUT2D eigenvalue weighted by atomic mass is 32.2. The third-order valence-electron chi connectivity index (χ3n) is 2.84. The fourth-order valence-electron chi connectivity index (χ4n) is 1.79. The van der Waals surface area contributed by atoms with E-state index in [2.05, 4.69) is 9.71 Å². The SMILES string of the molecule is CSNc1ccc(Oc2ccc(C=O)c(C)n2)c(C)c1. The van der Waals surface area contributed by atoms with E-state index in [0.717, 1.165) is 23.3 Å². The lowest BCUT2D eigenvalue weighted by Crippen LogP contribution is -1.96. The van der Waals surface area contributed by atoms with Crippen molar-refractivity contribution < 1.29 is 9.53 Å². The van der Waals surface area contributed by atoms with E-state index in [1.54, 1.807) is 31.0 Å². The molecule has 0 fully saturated rings. The number of benzene rings is 1. The number of rotatable bonds is 5. The third-order valence-corrected chi connectivity index (χ3v) is 3.28.